The quantitative estimate of drug-likeness (QED) is 0.660. The molecule has 1 saturated carbocycles. The second-order valence-corrected chi connectivity index (χ2v) is 8.66. The number of furan rings is 1. The lowest BCUT2D eigenvalue weighted by atomic mass is 9.76. The van der Waals surface area contributed by atoms with E-state index in [1.165, 1.54) is 6.07 Å². The second-order valence-electron chi connectivity index (χ2n) is 8.66. The molecule has 1 aromatic carbocycles. The number of halogens is 3. The molecule has 4 rings (SSSR count). The van der Waals surface area contributed by atoms with Crippen molar-refractivity contribution in [3.8, 4) is 0 Å². The number of anilines is 1. The van der Waals surface area contributed by atoms with Crippen LogP contribution in [0.5, 0.6) is 0 Å². The monoisotopic (exact) mass is 440 g/mol. The van der Waals surface area contributed by atoms with Gasteiger partial charge < -0.3 is 24.8 Å². The summed E-state index contributed by atoms with van der Waals surface area (Å²) in [6.07, 6.45) is -0.374. The van der Waals surface area contributed by atoms with Crippen LogP contribution < -0.4 is 10.2 Å². The van der Waals surface area contributed by atoms with Crippen LogP contribution in [0.1, 0.15) is 54.6 Å². The molecule has 1 aliphatic heterocycles. The fourth-order valence-corrected chi connectivity index (χ4v) is 4.75. The van der Waals surface area contributed by atoms with E-state index in [1.807, 2.05) is 4.90 Å². The van der Waals surface area contributed by atoms with Crippen molar-refractivity contribution in [2.75, 3.05) is 31.1 Å². The van der Waals surface area contributed by atoms with Crippen LogP contribution in [0, 0.1) is 5.92 Å². The number of nitrogens with one attached hydrogen (secondary N) is 1. The molecule has 1 fully saturated rings. The van der Waals surface area contributed by atoms with Gasteiger partial charge in [0.2, 0.25) is 5.76 Å². The number of carbonyl (C=O) groups is 1. The first kappa shape index (κ1) is 22.0. The summed E-state index contributed by atoms with van der Waals surface area (Å²) in [6, 6.07) is 3.28. The Morgan fingerprint density at radius 2 is 2.00 bits per heavy atom. The van der Waals surface area contributed by atoms with Crippen LogP contribution in [0.15, 0.2) is 22.6 Å². The normalized spacial score (nSPS) is 24.7. The molecule has 2 aliphatic rings. The second kappa shape index (κ2) is 8.35. The first-order chi connectivity index (χ1) is 14.7. The number of alkyl halides is 3. The van der Waals surface area contributed by atoms with Gasteiger partial charge in [-0.2, -0.15) is 13.2 Å². The van der Waals surface area contributed by atoms with Crippen LogP contribution in [-0.4, -0.2) is 48.0 Å². The summed E-state index contributed by atoms with van der Waals surface area (Å²) in [5.74, 6) is 0.0000141. The molecular formula is C22H27F3N2O4. The molecule has 0 spiro atoms. The van der Waals surface area contributed by atoms with Gasteiger partial charge in [-0.25, -0.2) is 0 Å². The van der Waals surface area contributed by atoms with Crippen LogP contribution in [-0.2, 0) is 6.18 Å². The molecule has 170 valence electrons. The lowest BCUT2D eigenvalue weighted by Gasteiger charge is -2.36. The highest BCUT2D eigenvalue weighted by molar-refractivity contribution is 6.07. The molecule has 0 bridgehead atoms. The minimum atomic E-state index is -4.48. The summed E-state index contributed by atoms with van der Waals surface area (Å²) in [6.45, 7) is 1.40. The Morgan fingerprint density at radius 3 is 2.68 bits per heavy atom. The zero-order valence-electron chi connectivity index (χ0n) is 17.2. The van der Waals surface area contributed by atoms with E-state index >= 15 is 0 Å². The Bertz CT molecular complexity index is 948. The Labute approximate surface area is 178 Å². The van der Waals surface area contributed by atoms with E-state index in [-0.39, 0.29) is 18.0 Å². The van der Waals surface area contributed by atoms with Crippen LogP contribution in [0.2, 0.25) is 0 Å². The maximum absolute atomic E-state index is 13.3. The van der Waals surface area contributed by atoms with Gasteiger partial charge >= 0.3 is 6.18 Å². The van der Waals surface area contributed by atoms with Crippen molar-refractivity contribution in [1.82, 2.24) is 5.32 Å². The van der Waals surface area contributed by atoms with E-state index in [9.17, 15) is 23.1 Å². The molecule has 1 aliphatic carbocycles. The standard InChI is InChI=1S/C22H27F3N2O4/c23-22(24,25)15-1-2-17-16(13-15)18-19(31-17)20(29)26-9-11-27(18)10-5-14-3-6-21(30,7-4-14)8-12-28/h1-2,13-14,28,30H,3-12H2,(H,26,29). The minimum Gasteiger partial charge on any atom is -0.449 e. The van der Waals surface area contributed by atoms with Crippen molar-refractivity contribution in [1.29, 1.82) is 0 Å². The van der Waals surface area contributed by atoms with Crippen molar-refractivity contribution in [2.45, 2.75) is 50.3 Å². The van der Waals surface area contributed by atoms with Crippen molar-refractivity contribution in [2.24, 2.45) is 5.92 Å². The molecule has 0 unspecified atom stereocenters. The first-order valence-electron chi connectivity index (χ1n) is 10.7. The van der Waals surface area contributed by atoms with Crippen molar-refractivity contribution < 1.29 is 32.6 Å². The first-order valence-corrected chi connectivity index (χ1v) is 10.7. The van der Waals surface area contributed by atoms with Crippen LogP contribution in [0.25, 0.3) is 11.0 Å². The van der Waals surface area contributed by atoms with Crippen molar-refractivity contribution in [3.05, 3.63) is 29.5 Å². The van der Waals surface area contributed by atoms with E-state index in [0.29, 0.717) is 55.9 Å². The predicted molar refractivity (Wildman–Crippen MR) is 109 cm³/mol. The van der Waals surface area contributed by atoms with Gasteiger partial charge in [-0.3, -0.25) is 4.79 Å². The number of rotatable bonds is 5. The number of benzene rings is 1. The Hall–Kier alpha value is -2.26. The zero-order chi connectivity index (χ0) is 22.2. The average Bonchev–Trinajstić information content (AvgIpc) is 3.02. The van der Waals surface area contributed by atoms with Crippen LogP contribution >= 0.6 is 0 Å². The predicted octanol–water partition coefficient (Wildman–Crippen LogP) is 3.70. The van der Waals surface area contributed by atoms with Gasteiger partial charge in [0.05, 0.1) is 16.9 Å². The summed E-state index contributed by atoms with van der Waals surface area (Å²) < 4.78 is 45.4. The molecule has 1 amide bonds. The van der Waals surface area contributed by atoms with E-state index in [0.717, 1.165) is 31.4 Å². The molecular weight excluding hydrogens is 413 g/mol. The topological polar surface area (TPSA) is 85.9 Å². The summed E-state index contributed by atoms with van der Waals surface area (Å²) in [7, 11) is 0. The number of hydrogen-bond acceptors (Lipinski definition) is 5. The molecule has 0 radical (unpaired) electrons. The molecule has 0 saturated heterocycles. The van der Waals surface area contributed by atoms with Gasteiger partial charge in [-0.15, -0.1) is 0 Å². The highest BCUT2D eigenvalue weighted by Crippen LogP contribution is 2.40. The third-order valence-electron chi connectivity index (χ3n) is 6.60. The van der Waals surface area contributed by atoms with Gasteiger partial charge in [-0.05, 0) is 62.6 Å². The largest absolute Gasteiger partial charge is 0.449 e. The highest BCUT2D eigenvalue weighted by Gasteiger charge is 2.35. The third kappa shape index (κ3) is 4.52. The van der Waals surface area contributed by atoms with Gasteiger partial charge in [0, 0.05) is 31.6 Å². The molecule has 3 N–H and O–H groups in total. The number of nitrogens with zero attached hydrogens (tertiary/aromatic N) is 1. The van der Waals surface area contributed by atoms with E-state index < -0.39 is 23.2 Å². The smallest absolute Gasteiger partial charge is 0.416 e. The van der Waals surface area contributed by atoms with Gasteiger partial charge in [0.15, 0.2) is 0 Å². The maximum Gasteiger partial charge on any atom is 0.416 e. The number of aliphatic hydroxyl groups is 2. The van der Waals surface area contributed by atoms with Gasteiger partial charge in [0.25, 0.3) is 5.91 Å². The Morgan fingerprint density at radius 1 is 1.26 bits per heavy atom. The molecule has 2 aromatic rings. The summed E-state index contributed by atoms with van der Waals surface area (Å²) in [4.78, 5) is 14.4. The fourth-order valence-electron chi connectivity index (χ4n) is 4.75. The molecule has 1 aromatic heterocycles. The lowest BCUT2D eigenvalue weighted by Crippen LogP contribution is -2.36. The number of carbonyl (C=O) groups excluding carboxylic acids is 1. The highest BCUT2D eigenvalue weighted by atomic mass is 19.4. The molecule has 6 nitrogen and oxygen atoms in total. The molecule has 0 atom stereocenters. The Kier molecular flexibility index (Phi) is 5.91. The lowest BCUT2D eigenvalue weighted by molar-refractivity contribution is -0.137. The summed E-state index contributed by atoms with van der Waals surface area (Å²) >= 11 is 0. The molecule has 9 heteroatoms. The van der Waals surface area contributed by atoms with Crippen molar-refractivity contribution in [3.63, 3.8) is 0 Å². The fraction of sp³-hybridized carbons (Fsp3) is 0.591. The molecule has 31 heavy (non-hydrogen) atoms. The number of amides is 1. The van der Waals surface area contributed by atoms with Gasteiger partial charge in [0.1, 0.15) is 5.58 Å². The SMILES string of the molecule is O=C1NCCN(CCC2CCC(O)(CCO)CC2)c2c1oc1ccc(C(F)(F)F)cc21. The number of aliphatic hydroxyl groups excluding tert-OH is 1. The van der Waals surface area contributed by atoms with E-state index in [4.69, 9.17) is 9.52 Å². The number of hydrogen-bond donors (Lipinski definition) is 3. The number of fused-ring (bicyclic) bond motifs is 3. The molecule has 2 heterocycles. The summed E-state index contributed by atoms with van der Waals surface area (Å²) in [5, 5.41) is 22.6. The maximum atomic E-state index is 13.3. The zero-order valence-corrected chi connectivity index (χ0v) is 17.2. The van der Waals surface area contributed by atoms with E-state index in [2.05, 4.69) is 5.32 Å². The third-order valence-corrected chi connectivity index (χ3v) is 6.60. The van der Waals surface area contributed by atoms with Crippen LogP contribution in [0.4, 0.5) is 18.9 Å². The van der Waals surface area contributed by atoms with Crippen LogP contribution in [0.3, 0.4) is 0 Å². The van der Waals surface area contributed by atoms with E-state index in [1.54, 1.807) is 0 Å². The van der Waals surface area contributed by atoms with Gasteiger partial charge in [-0.1, -0.05) is 0 Å². The Balaban J connectivity index is 1.56. The average molecular weight is 440 g/mol. The van der Waals surface area contributed by atoms with Crippen molar-refractivity contribution >= 4 is 22.6 Å². The summed E-state index contributed by atoms with van der Waals surface area (Å²) in [5.41, 5.74) is -0.898. The minimum absolute atomic E-state index is 0.0355.